The van der Waals surface area contributed by atoms with Gasteiger partial charge in [0.05, 0.1) is 0 Å². The van der Waals surface area contributed by atoms with Gasteiger partial charge in [-0.3, -0.25) is 4.79 Å². The monoisotopic (exact) mass is 219 g/mol. The van der Waals surface area contributed by atoms with Crippen LogP contribution in [0.4, 0.5) is 4.79 Å². The van der Waals surface area contributed by atoms with Crippen molar-refractivity contribution < 1.29 is 14.7 Å². The van der Waals surface area contributed by atoms with Gasteiger partial charge in [-0.05, 0) is 24.2 Å². The summed E-state index contributed by atoms with van der Waals surface area (Å²) in [5.41, 5.74) is 0. The van der Waals surface area contributed by atoms with Crippen molar-refractivity contribution in [2.24, 2.45) is 23.7 Å². The van der Waals surface area contributed by atoms with Crippen molar-refractivity contribution in [2.75, 3.05) is 6.54 Å². The van der Waals surface area contributed by atoms with Gasteiger partial charge < -0.3 is 10.0 Å². The van der Waals surface area contributed by atoms with E-state index in [4.69, 9.17) is 0 Å². The Morgan fingerprint density at radius 3 is 2.62 bits per heavy atom. The molecule has 2 aliphatic carbocycles. The quantitative estimate of drug-likeness (QED) is 0.496. The number of carbonyl (C=O) groups excluding carboxylic acids is 1. The summed E-state index contributed by atoms with van der Waals surface area (Å²) < 4.78 is 0. The Balaban J connectivity index is 1.95. The molecule has 1 N–H and O–H groups in total. The molecular weight excluding hydrogens is 205 g/mol. The van der Waals surface area contributed by atoms with Crippen LogP contribution in [0.15, 0.2) is 12.2 Å². The molecule has 1 heterocycles. The molecule has 16 heavy (non-hydrogen) atoms. The highest BCUT2D eigenvalue weighted by Crippen LogP contribution is 2.53. The normalized spacial score (nSPS) is 43.8. The Hall–Kier alpha value is -1.26. The van der Waals surface area contributed by atoms with Gasteiger partial charge in [0, 0.05) is 12.5 Å². The highest BCUT2D eigenvalue weighted by Gasteiger charge is 2.57. The van der Waals surface area contributed by atoms with Crippen LogP contribution in [0.5, 0.6) is 0 Å². The number of rotatable bonds is 1. The van der Waals surface area contributed by atoms with Crippen molar-refractivity contribution in [1.29, 1.82) is 0 Å². The molecule has 4 nitrogen and oxygen atoms in total. The molecule has 3 aliphatic rings. The first-order valence-electron chi connectivity index (χ1n) is 5.78. The summed E-state index contributed by atoms with van der Waals surface area (Å²) in [4.78, 5) is 24.3. The predicted molar refractivity (Wildman–Crippen MR) is 59.8 cm³/mol. The molecule has 1 aliphatic heterocycles. The van der Waals surface area contributed by atoms with E-state index in [1.165, 1.54) is 7.85 Å². The number of allylic oxidation sites excluding steroid dienone is 2. The summed E-state index contributed by atoms with van der Waals surface area (Å²) in [5.74, 6) is 0.447. The number of hydrogen-bond donors (Lipinski definition) is 1. The maximum Gasteiger partial charge on any atom is 0.326 e. The van der Waals surface area contributed by atoms with E-state index in [1.54, 1.807) is 4.90 Å². The van der Waals surface area contributed by atoms with Gasteiger partial charge in [0.1, 0.15) is 6.04 Å². The predicted octanol–water partition coefficient (Wildman–Crippen LogP) is -0.0534. The van der Waals surface area contributed by atoms with E-state index in [1.807, 2.05) is 0 Å². The standard InChI is InChI=1S/C11H14BNO3/c12-11(16)13-4-7-5-1-2-6(3-5)8(7)9(13)10(14)15/h1-2,5-9H,3-4,12H2,(H,14,15)/t5?,6?,7?,8?,9-/m0/s1. The highest BCUT2D eigenvalue weighted by molar-refractivity contribution is 6.57. The van der Waals surface area contributed by atoms with Gasteiger partial charge in [-0.25, -0.2) is 4.79 Å². The van der Waals surface area contributed by atoms with E-state index in [9.17, 15) is 14.7 Å². The van der Waals surface area contributed by atoms with Crippen molar-refractivity contribution >= 4 is 19.6 Å². The zero-order valence-electron chi connectivity index (χ0n) is 9.17. The van der Waals surface area contributed by atoms with Gasteiger partial charge in [0.25, 0.3) is 0 Å². The Bertz CT molecular complexity index is 395. The number of aliphatic carboxylic acids is 1. The Labute approximate surface area is 94.7 Å². The van der Waals surface area contributed by atoms with Crippen LogP contribution < -0.4 is 0 Å². The number of carboxylic acid groups (broad SMARTS) is 1. The third-order valence-electron chi connectivity index (χ3n) is 4.45. The molecule has 0 spiro atoms. The zero-order valence-corrected chi connectivity index (χ0v) is 9.17. The fraction of sp³-hybridized carbons (Fsp3) is 0.636. The van der Waals surface area contributed by atoms with Gasteiger partial charge in [0.2, 0.25) is 7.85 Å². The molecule has 0 radical (unpaired) electrons. The van der Waals surface area contributed by atoms with E-state index in [-0.39, 0.29) is 11.7 Å². The van der Waals surface area contributed by atoms with Gasteiger partial charge in [0.15, 0.2) is 5.81 Å². The molecule has 4 unspecified atom stereocenters. The number of fused-ring (bicyclic) bond motifs is 5. The average molecular weight is 219 g/mol. The number of likely N-dealkylation sites (tertiary alicyclic amines) is 1. The van der Waals surface area contributed by atoms with Crippen molar-refractivity contribution in [1.82, 2.24) is 4.90 Å². The van der Waals surface area contributed by atoms with Crippen LogP contribution in [0.2, 0.25) is 0 Å². The van der Waals surface area contributed by atoms with E-state index < -0.39 is 12.0 Å². The van der Waals surface area contributed by atoms with E-state index >= 15 is 0 Å². The molecule has 2 bridgehead atoms. The lowest BCUT2D eigenvalue weighted by Crippen LogP contribution is -2.44. The second-order valence-corrected chi connectivity index (χ2v) is 5.14. The summed E-state index contributed by atoms with van der Waals surface area (Å²) in [6.45, 7) is 0.627. The van der Waals surface area contributed by atoms with Gasteiger partial charge >= 0.3 is 5.97 Å². The second kappa shape index (κ2) is 3.12. The van der Waals surface area contributed by atoms with Crippen LogP contribution in [0.25, 0.3) is 0 Å². The SMILES string of the molecule is BC(=O)N1CC2C3C=CC(C3)C2[C@H]1C(=O)O. The minimum Gasteiger partial charge on any atom is -0.480 e. The lowest BCUT2D eigenvalue weighted by molar-refractivity contribution is -0.142. The first-order valence-corrected chi connectivity index (χ1v) is 5.78. The van der Waals surface area contributed by atoms with Crippen LogP contribution >= 0.6 is 0 Å². The number of nitrogens with zero attached hydrogens (tertiary/aromatic N) is 1. The molecule has 5 atom stereocenters. The lowest BCUT2D eigenvalue weighted by Gasteiger charge is -2.25. The molecule has 1 saturated carbocycles. The maximum absolute atomic E-state index is 11.5. The van der Waals surface area contributed by atoms with Gasteiger partial charge in [-0.15, -0.1) is 0 Å². The fourth-order valence-electron chi connectivity index (χ4n) is 3.86. The molecular formula is C11H14BNO3. The van der Waals surface area contributed by atoms with Crippen LogP contribution in [-0.4, -0.2) is 42.2 Å². The van der Waals surface area contributed by atoms with Crippen LogP contribution in [0, 0.1) is 23.7 Å². The van der Waals surface area contributed by atoms with Crippen molar-refractivity contribution in [3.05, 3.63) is 12.2 Å². The summed E-state index contributed by atoms with van der Waals surface area (Å²) in [7, 11) is 1.46. The van der Waals surface area contributed by atoms with Gasteiger partial charge in [-0.2, -0.15) is 0 Å². The zero-order chi connectivity index (χ0) is 11.4. The molecule has 84 valence electrons. The second-order valence-electron chi connectivity index (χ2n) is 5.14. The minimum atomic E-state index is -0.844. The topological polar surface area (TPSA) is 57.6 Å². The lowest BCUT2D eigenvalue weighted by atomic mass is 9.82. The number of hydrogen-bond acceptors (Lipinski definition) is 2. The summed E-state index contributed by atoms with van der Waals surface area (Å²) in [6.07, 6.45) is 5.44. The van der Waals surface area contributed by atoms with Crippen LogP contribution in [-0.2, 0) is 4.79 Å². The van der Waals surface area contributed by atoms with Crippen molar-refractivity contribution in [2.45, 2.75) is 12.5 Å². The molecule has 5 heteroatoms. The molecule has 3 rings (SSSR count). The average Bonchev–Trinajstić information content (AvgIpc) is 2.87. The van der Waals surface area contributed by atoms with Crippen molar-refractivity contribution in [3.63, 3.8) is 0 Å². The van der Waals surface area contributed by atoms with E-state index in [2.05, 4.69) is 12.2 Å². The first kappa shape index (κ1) is 9.93. The molecule has 1 amide bonds. The minimum absolute atomic E-state index is 0.110. The molecule has 0 aromatic rings. The fourth-order valence-corrected chi connectivity index (χ4v) is 3.86. The van der Waals surface area contributed by atoms with E-state index in [0.717, 1.165) is 6.42 Å². The van der Waals surface area contributed by atoms with Crippen LogP contribution in [0.1, 0.15) is 6.42 Å². The maximum atomic E-state index is 11.5. The summed E-state index contributed by atoms with van der Waals surface area (Å²) >= 11 is 0. The smallest absolute Gasteiger partial charge is 0.326 e. The van der Waals surface area contributed by atoms with E-state index in [0.29, 0.717) is 24.3 Å². The third kappa shape index (κ3) is 1.11. The number of carbonyl (C=O) groups is 2. The largest absolute Gasteiger partial charge is 0.480 e. The molecule has 0 aromatic carbocycles. The number of carboxylic acids is 1. The highest BCUT2D eigenvalue weighted by atomic mass is 16.4. The third-order valence-corrected chi connectivity index (χ3v) is 4.45. The van der Waals surface area contributed by atoms with Crippen LogP contribution in [0.3, 0.4) is 0 Å². The molecule has 2 fully saturated rings. The summed E-state index contributed by atoms with van der Waals surface area (Å²) in [6, 6.07) is -0.595. The summed E-state index contributed by atoms with van der Waals surface area (Å²) in [5, 5.41) is 9.29. The molecule has 0 aromatic heterocycles. The Morgan fingerprint density at radius 2 is 2.00 bits per heavy atom. The number of amides is 1. The first-order chi connectivity index (χ1) is 7.59. The molecule has 1 saturated heterocycles. The van der Waals surface area contributed by atoms with Crippen molar-refractivity contribution in [3.8, 4) is 0 Å². The Morgan fingerprint density at radius 1 is 1.31 bits per heavy atom. The Kier molecular flexibility index (Phi) is 1.94. The van der Waals surface area contributed by atoms with Gasteiger partial charge in [-0.1, -0.05) is 12.2 Å².